The van der Waals surface area contributed by atoms with Crippen molar-refractivity contribution >= 4 is 23.3 Å². The monoisotopic (exact) mass is 443 g/mol. The highest BCUT2D eigenvalue weighted by Gasteiger charge is 2.34. The molecule has 0 saturated heterocycles. The van der Waals surface area contributed by atoms with E-state index in [-0.39, 0.29) is 11.6 Å². The second-order valence-electron chi connectivity index (χ2n) is 7.32. The van der Waals surface area contributed by atoms with Crippen molar-refractivity contribution in [3.63, 3.8) is 0 Å². The van der Waals surface area contributed by atoms with Gasteiger partial charge >= 0.3 is 12.2 Å². The molecule has 0 saturated carbocycles. The van der Waals surface area contributed by atoms with Gasteiger partial charge in [0.2, 0.25) is 0 Å². The lowest BCUT2D eigenvalue weighted by Crippen LogP contribution is -2.20. The Morgan fingerprint density at radius 2 is 1.75 bits per heavy atom. The van der Waals surface area contributed by atoms with E-state index in [1.165, 1.54) is 0 Å². The zero-order chi connectivity index (χ0) is 23.0. The van der Waals surface area contributed by atoms with Crippen molar-refractivity contribution in [2.75, 3.05) is 10.6 Å². The molecule has 0 radical (unpaired) electrons. The van der Waals surface area contributed by atoms with Crippen LogP contribution in [0.3, 0.4) is 0 Å². The second kappa shape index (κ2) is 7.99. The molecular formula is C23H17F4N3O2. The number of benzene rings is 3. The minimum atomic E-state index is -4.87. The molecule has 0 spiro atoms. The summed E-state index contributed by atoms with van der Waals surface area (Å²) in [6.07, 6.45) is -4.87. The quantitative estimate of drug-likeness (QED) is 0.454. The first-order chi connectivity index (χ1) is 15.1. The number of halogens is 4. The number of nitrogens with one attached hydrogen (secondary N) is 3. The van der Waals surface area contributed by atoms with Crippen LogP contribution in [0.15, 0.2) is 54.6 Å². The molecule has 0 bridgehead atoms. The van der Waals surface area contributed by atoms with Gasteiger partial charge in [-0.05, 0) is 65.6 Å². The molecule has 32 heavy (non-hydrogen) atoms. The largest absolute Gasteiger partial charge is 0.419 e. The summed E-state index contributed by atoms with van der Waals surface area (Å²) >= 11 is 0. The Balaban J connectivity index is 1.52. The van der Waals surface area contributed by atoms with E-state index < -0.39 is 23.6 Å². The lowest BCUT2D eigenvalue weighted by molar-refractivity contribution is -0.139. The number of amides is 3. The van der Waals surface area contributed by atoms with Gasteiger partial charge in [0, 0.05) is 23.5 Å². The van der Waals surface area contributed by atoms with E-state index in [1.54, 1.807) is 31.2 Å². The number of hydrogen-bond acceptors (Lipinski definition) is 2. The first-order valence-electron chi connectivity index (χ1n) is 9.59. The molecule has 164 valence electrons. The molecular weight excluding hydrogens is 426 g/mol. The van der Waals surface area contributed by atoms with Gasteiger partial charge in [0.05, 0.1) is 5.56 Å². The average molecular weight is 443 g/mol. The predicted molar refractivity (Wildman–Crippen MR) is 112 cm³/mol. The Bertz CT molecular complexity index is 1240. The van der Waals surface area contributed by atoms with Gasteiger partial charge < -0.3 is 16.0 Å². The molecule has 0 fully saturated rings. The van der Waals surface area contributed by atoms with Crippen LogP contribution in [0.4, 0.5) is 33.7 Å². The molecule has 5 nitrogen and oxygen atoms in total. The average Bonchev–Trinajstić information content (AvgIpc) is 3.11. The van der Waals surface area contributed by atoms with Crippen LogP contribution in [0.25, 0.3) is 11.1 Å². The first-order valence-corrected chi connectivity index (χ1v) is 9.59. The summed E-state index contributed by atoms with van der Waals surface area (Å²) < 4.78 is 52.0. The third kappa shape index (κ3) is 4.14. The van der Waals surface area contributed by atoms with Crippen LogP contribution in [0.5, 0.6) is 0 Å². The third-order valence-corrected chi connectivity index (χ3v) is 5.16. The Morgan fingerprint density at radius 1 is 1.00 bits per heavy atom. The van der Waals surface area contributed by atoms with Crippen molar-refractivity contribution in [2.24, 2.45) is 0 Å². The molecule has 0 aromatic heterocycles. The van der Waals surface area contributed by atoms with Crippen LogP contribution in [-0.2, 0) is 12.7 Å². The summed E-state index contributed by atoms with van der Waals surface area (Å²) in [5, 5.41) is 7.65. The lowest BCUT2D eigenvalue weighted by atomic mass is 9.95. The minimum absolute atomic E-state index is 0.122. The summed E-state index contributed by atoms with van der Waals surface area (Å²) in [6.45, 7) is 2.20. The van der Waals surface area contributed by atoms with E-state index in [1.807, 2.05) is 12.1 Å². The fourth-order valence-electron chi connectivity index (χ4n) is 3.60. The fourth-order valence-corrected chi connectivity index (χ4v) is 3.60. The van der Waals surface area contributed by atoms with Crippen molar-refractivity contribution in [2.45, 2.75) is 19.6 Å². The maximum Gasteiger partial charge on any atom is 0.419 e. The Hall–Kier alpha value is -3.88. The van der Waals surface area contributed by atoms with Crippen molar-refractivity contribution in [1.29, 1.82) is 0 Å². The van der Waals surface area contributed by atoms with Gasteiger partial charge in [-0.1, -0.05) is 18.2 Å². The molecule has 1 aliphatic rings. The summed E-state index contributed by atoms with van der Waals surface area (Å²) in [7, 11) is 0. The predicted octanol–water partition coefficient (Wildman–Crippen LogP) is 5.71. The van der Waals surface area contributed by atoms with Gasteiger partial charge in [0.15, 0.2) is 0 Å². The number of rotatable bonds is 3. The number of urea groups is 1. The van der Waals surface area contributed by atoms with Gasteiger partial charge in [-0.3, -0.25) is 4.79 Å². The zero-order valence-electron chi connectivity index (χ0n) is 16.7. The van der Waals surface area contributed by atoms with Crippen molar-refractivity contribution in [3.8, 4) is 11.1 Å². The topological polar surface area (TPSA) is 70.2 Å². The molecule has 3 amide bonds. The number of alkyl halides is 3. The number of carbonyl (C=O) groups is 2. The lowest BCUT2D eigenvalue weighted by Gasteiger charge is -2.14. The summed E-state index contributed by atoms with van der Waals surface area (Å²) in [6, 6.07) is 12.2. The van der Waals surface area contributed by atoms with Gasteiger partial charge in [-0.2, -0.15) is 13.2 Å². The normalized spacial score (nSPS) is 12.8. The van der Waals surface area contributed by atoms with E-state index in [9.17, 15) is 27.2 Å². The maximum atomic E-state index is 13.4. The van der Waals surface area contributed by atoms with Crippen molar-refractivity contribution in [1.82, 2.24) is 5.32 Å². The SMILES string of the molecule is Cc1cc(-c2cccc3c2CNC3=O)ccc1NC(=O)Nc1ccc(F)c(C(F)(F)F)c1. The van der Waals surface area contributed by atoms with Gasteiger partial charge in [-0.25, -0.2) is 9.18 Å². The van der Waals surface area contributed by atoms with E-state index >= 15 is 0 Å². The molecule has 0 aliphatic carbocycles. The van der Waals surface area contributed by atoms with Crippen LogP contribution in [0.1, 0.15) is 27.0 Å². The standard InChI is InChI=1S/C23H17F4N3O2/c1-12-9-13(15-3-2-4-16-17(15)11-28-21(16)31)5-8-20(12)30-22(32)29-14-6-7-19(24)18(10-14)23(25,26)27/h2-10H,11H2,1H3,(H,28,31)(H2,29,30,32). The van der Waals surface area contributed by atoms with E-state index in [0.717, 1.165) is 22.8 Å². The van der Waals surface area contributed by atoms with Crippen molar-refractivity contribution in [3.05, 3.63) is 82.7 Å². The van der Waals surface area contributed by atoms with Gasteiger partial charge in [0.25, 0.3) is 5.91 Å². The van der Waals surface area contributed by atoms with Crippen LogP contribution >= 0.6 is 0 Å². The summed E-state index contributed by atoms with van der Waals surface area (Å²) in [5.74, 6) is -1.54. The van der Waals surface area contributed by atoms with E-state index in [0.29, 0.717) is 35.5 Å². The summed E-state index contributed by atoms with van der Waals surface area (Å²) in [5.41, 5.74) is 2.78. The van der Waals surface area contributed by atoms with Crippen LogP contribution < -0.4 is 16.0 Å². The number of fused-ring (bicyclic) bond motifs is 1. The number of carbonyl (C=O) groups excluding carboxylic acids is 2. The maximum absolute atomic E-state index is 13.4. The fraction of sp³-hybridized carbons (Fsp3) is 0.130. The molecule has 1 heterocycles. The highest BCUT2D eigenvalue weighted by atomic mass is 19.4. The van der Waals surface area contributed by atoms with E-state index in [2.05, 4.69) is 16.0 Å². The number of aryl methyl sites for hydroxylation is 1. The second-order valence-corrected chi connectivity index (χ2v) is 7.32. The van der Waals surface area contributed by atoms with E-state index in [4.69, 9.17) is 0 Å². The molecule has 3 aromatic carbocycles. The highest BCUT2D eigenvalue weighted by Crippen LogP contribution is 2.34. The molecule has 3 aromatic rings. The number of hydrogen-bond donors (Lipinski definition) is 3. The Kier molecular flexibility index (Phi) is 5.33. The minimum Gasteiger partial charge on any atom is -0.348 e. The molecule has 9 heteroatoms. The summed E-state index contributed by atoms with van der Waals surface area (Å²) in [4.78, 5) is 24.2. The molecule has 4 rings (SSSR count). The Labute approximate surface area is 180 Å². The molecule has 3 N–H and O–H groups in total. The molecule has 1 aliphatic heterocycles. The molecule has 0 unspecified atom stereocenters. The third-order valence-electron chi connectivity index (χ3n) is 5.16. The Morgan fingerprint density at radius 3 is 2.47 bits per heavy atom. The van der Waals surface area contributed by atoms with Crippen LogP contribution in [0.2, 0.25) is 0 Å². The van der Waals surface area contributed by atoms with Crippen molar-refractivity contribution < 1.29 is 27.2 Å². The first kappa shape index (κ1) is 21.4. The van der Waals surface area contributed by atoms with Gasteiger partial charge in [-0.15, -0.1) is 0 Å². The highest BCUT2D eigenvalue weighted by molar-refractivity contribution is 6.01. The molecule has 0 atom stereocenters. The number of anilines is 2. The smallest absolute Gasteiger partial charge is 0.348 e. The van der Waals surface area contributed by atoms with Gasteiger partial charge in [0.1, 0.15) is 5.82 Å². The zero-order valence-corrected chi connectivity index (χ0v) is 16.7. The van der Waals surface area contributed by atoms with Crippen LogP contribution in [-0.4, -0.2) is 11.9 Å². The van der Waals surface area contributed by atoms with Crippen LogP contribution in [0, 0.1) is 12.7 Å².